The molecule has 0 aliphatic rings. The maximum absolute atomic E-state index is 13.0. The van der Waals surface area contributed by atoms with Crippen LogP contribution in [-0.2, 0) is 30.9 Å². The quantitative estimate of drug-likeness (QED) is 0.141. The molecule has 1 amide bonds. The first-order valence-corrected chi connectivity index (χ1v) is 11.6. The summed E-state index contributed by atoms with van der Waals surface area (Å²) >= 11 is 0. The lowest BCUT2D eigenvalue weighted by Gasteiger charge is -2.33. The molecule has 0 aliphatic carbocycles. The van der Waals surface area contributed by atoms with Crippen LogP contribution in [0.15, 0.2) is 36.2 Å². The van der Waals surface area contributed by atoms with Crippen molar-refractivity contribution in [2.24, 2.45) is 17.1 Å². The minimum Gasteiger partial charge on any atom is -0.479 e. The minimum absolute atomic E-state index is 0.0757. The van der Waals surface area contributed by atoms with Gasteiger partial charge in [0.2, 0.25) is 5.91 Å². The molecule has 1 rings (SSSR count). The molecule has 0 fully saturated rings. The van der Waals surface area contributed by atoms with E-state index >= 15 is 0 Å². The fourth-order valence-electron chi connectivity index (χ4n) is 3.17. The Bertz CT molecular complexity index is 793. The Morgan fingerprint density at radius 1 is 1.26 bits per heavy atom. The van der Waals surface area contributed by atoms with E-state index in [0.717, 1.165) is 30.2 Å². The monoisotopic (exact) mass is 476 g/mol. The first kappa shape index (κ1) is 31.3. The fraction of sp³-hybridized carbons (Fsp3) is 0.577. The van der Waals surface area contributed by atoms with Crippen LogP contribution in [0.3, 0.4) is 0 Å². The standard InChI is InChI=1S/C23H36N4O3.C3H8O/c1-17(15-28)13-18-7-6-8-19(14-18)23(4,21(29)27-26-5)11-10-22(2,3)16-30-20(25)9-12-24;1-3-4-2/h6-9,12,14-15,17,24,26H,10-11,13,16,25H2,1-5H3,(H,27,29);3H2,1-2H3/b20-9+,24-12?;. The van der Waals surface area contributed by atoms with Crippen molar-refractivity contribution in [3.63, 3.8) is 0 Å². The lowest BCUT2D eigenvalue weighted by molar-refractivity contribution is -0.127. The number of carbonyl (C=O) groups excluding carboxylic acids is 2. The summed E-state index contributed by atoms with van der Waals surface area (Å²) in [6, 6.07) is 7.89. The normalized spacial score (nSPS) is 14.1. The Morgan fingerprint density at radius 2 is 1.91 bits per heavy atom. The largest absolute Gasteiger partial charge is 0.479 e. The number of nitrogens with two attached hydrogens (primary N) is 1. The Balaban J connectivity index is 0.00000251. The zero-order valence-electron chi connectivity index (χ0n) is 21.9. The SMILES string of the molecule is CCOC.CNNC(=O)C(C)(CCC(C)(C)CO/C(N)=C/C=N)c1cccc(CC(C)C=O)c1. The highest BCUT2D eigenvalue weighted by Gasteiger charge is 2.37. The number of allylic oxidation sites excluding steroid dienone is 1. The second-order valence-corrected chi connectivity index (χ2v) is 9.32. The van der Waals surface area contributed by atoms with Crippen LogP contribution < -0.4 is 16.6 Å². The summed E-state index contributed by atoms with van der Waals surface area (Å²) in [4.78, 5) is 24.0. The lowest BCUT2D eigenvalue weighted by Crippen LogP contribution is -2.47. The number of amides is 1. The topological polar surface area (TPSA) is 127 Å². The number of rotatable bonds is 14. The number of methoxy groups -OCH3 is 1. The van der Waals surface area contributed by atoms with Crippen LogP contribution in [0.1, 0.15) is 58.6 Å². The highest BCUT2D eigenvalue weighted by molar-refractivity contribution is 5.87. The molecule has 0 saturated heterocycles. The third-order valence-electron chi connectivity index (χ3n) is 5.56. The zero-order valence-corrected chi connectivity index (χ0v) is 21.9. The van der Waals surface area contributed by atoms with E-state index in [1.807, 2.05) is 45.0 Å². The van der Waals surface area contributed by atoms with Crippen molar-refractivity contribution in [1.29, 1.82) is 5.41 Å². The first-order valence-electron chi connectivity index (χ1n) is 11.6. The number of carbonyl (C=O) groups is 2. The highest BCUT2D eigenvalue weighted by atomic mass is 16.5. The molecule has 0 saturated carbocycles. The average molecular weight is 477 g/mol. The van der Waals surface area contributed by atoms with Crippen LogP contribution in [-0.4, -0.2) is 45.8 Å². The molecule has 192 valence electrons. The van der Waals surface area contributed by atoms with E-state index in [-0.39, 0.29) is 23.1 Å². The van der Waals surface area contributed by atoms with Crippen molar-refractivity contribution in [3.05, 3.63) is 47.4 Å². The number of aldehydes is 1. The van der Waals surface area contributed by atoms with Crippen LogP contribution in [0.5, 0.6) is 0 Å². The van der Waals surface area contributed by atoms with Gasteiger partial charge in [0.1, 0.15) is 6.29 Å². The summed E-state index contributed by atoms with van der Waals surface area (Å²) in [7, 11) is 3.34. The first-order chi connectivity index (χ1) is 16.0. The van der Waals surface area contributed by atoms with Gasteiger partial charge in [0, 0.05) is 39.0 Å². The van der Waals surface area contributed by atoms with E-state index in [9.17, 15) is 9.59 Å². The number of hydrogen-bond acceptors (Lipinski definition) is 7. The van der Waals surface area contributed by atoms with Crippen LogP contribution >= 0.6 is 0 Å². The fourth-order valence-corrected chi connectivity index (χ4v) is 3.17. The van der Waals surface area contributed by atoms with Crippen molar-refractivity contribution in [1.82, 2.24) is 10.9 Å². The van der Waals surface area contributed by atoms with Gasteiger partial charge in [-0.3, -0.25) is 10.2 Å². The summed E-state index contributed by atoms with van der Waals surface area (Å²) in [5.74, 6) is 0.00415. The number of benzene rings is 1. The van der Waals surface area contributed by atoms with Crippen molar-refractivity contribution in [2.45, 2.75) is 59.3 Å². The Kier molecular flexibility index (Phi) is 14.7. The summed E-state index contributed by atoms with van der Waals surface area (Å²) in [5.41, 5.74) is 12.1. The summed E-state index contributed by atoms with van der Waals surface area (Å²) in [6.07, 6.45) is 5.37. The van der Waals surface area contributed by atoms with Gasteiger partial charge in [0.05, 0.1) is 12.0 Å². The molecule has 1 aromatic rings. The number of hydrazine groups is 1. The van der Waals surface area contributed by atoms with Gasteiger partial charge in [-0.15, -0.1) is 0 Å². The molecular weight excluding hydrogens is 432 g/mol. The maximum Gasteiger partial charge on any atom is 0.244 e. The van der Waals surface area contributed by atoms with Gasteiger partial charge in [0.25, 0.3) is 0 Å². The third-order valence-corrected chi connectivity index (χ3v) is 5.56. The Hall–Kier alpha value is -2.71. The maximum atomic E-state index is 13.0. The number of hydrogen-bond donors (Lipinski definition) is 4. The molecule has 1 aromatic carbocycles. The molecule has 0 spiro atoms. The van der Waals surface area contributed by atoms with E-state index in [2.05, 4.69) is 29.4 Å². The summed E-state index contributed by atoms with van der Waals surface area (Å²) < 4.78 is 10.1. The minimum atomic E-state index is -0.767. The number of nitrogens with one attached hydrogen (secondary N) is 3. The Morgan fingerprint density at radius 3 is 2.44 bits per heavy atom. The van der Waals surface area contributed by atoms with Gasteiger partial charge < -0.3 is 25.4 Å². The van der Waals surface area contributed by atoms with Gasteiger partial charge >= 0.3 is 0 Å². The molecule has 0 bridgehead atoms. The molecule has 2 atom stereocenters. The second-order valence-electron chi connectivity index (χ2n) is 9.32. The predicted molar refractivity (Wildman–Crippen MR) is 137 cm³/mol. The average Bonchev–Trinajstić information content (AvgIpc) is 2.82. The summed E-state index contributed by atoms with van der Waals surface area (Å²) in [6.45, 7) is 11.1. The van der Waals surface area contributed by atoms with Crippen molar-refractivity contribution >= 4 is 18.4 Å². The smallest absolute Gasteiger partial charge is 0.244 e. The van der Waals surface area contributed by atoms with Gasteiger partial charge in [-0.1, -0.05) is 45.0 Å². The molecule has 0 aliphatic heterocycles. The molecular formula is C26H44N4O4. The van der Waals surface area contributed by atoms with Crippen LogP contribution in [0.25, 0.3) is 0 Å². The van der Waals surface area contributed by atoms with Gasteiger partial charge in [-0.25, -0.2) is 5.43 Å². The van der Waals surface area contributed by atoms with Crippen molar-refractivity contribution in [2.75, 3.05) is 27.4 Å². The molecule has 8 nitrogen and oxygen atoms in total. The third kappa shape index (κ3) is 11.4. The zero-order chi connectivity index (χ0) is 26.2. The predicted octanol–water partition coefficient (Wildman–Crippen LogP) is 3.50. The van der Waals surface area contributed by atoms with Gasteiger partial charge in [0.15, 0.2) is 5.88 Å². The molecule has 8 heteroatoms. The molecule has 0 heterocycles. The molecule has 0 radical (unpaired) electrons. The van der Waals surface area contributed by atoms with E-state index < -0.39 is 5.41 Å². The molecule has 0 aromatic heterocycles. The highest BCUT2D eigenvalue weighted by Crippen LogP contribution is 2.35. The molecule has 5 N–H and O–H groups in total. The van der Waals surface area contributed by atoms with Crippen LogP contribution in [0.2, 0.25) is 0 Å². The molecule has 34 heavy (non-hydrogen) atoms. The van der Waals surface area contributed by atoms with Crippen LogP contribution in [0, 0.1) is 16.7 Å². The lowest BCUT2D eigenvalue weighted by atomic mass is 9.73. The van der Waals surface area contributed by atoms with Gasteiger partial charge in [-0.2, -0.15) is 0 Å². The van der Waals surface area contributed by atoms with E-state index in [1.54, 1.807) is 14.2 Å². The van der Waals surface area contributed by atoms with Crippen molar-refractivity contribution < 1.29 is 19.1 Å². The van der Waals surface area contributed by atoms with Gasteiger partial charge in [-0.05, 0) is 49.7 Å². The second kappa shape index (κ2) is 16.0. The summed E-state index contributed by atoms with van der Waals surface area (Å²) in [5, 5.41) is 7.05. The Labute approximate surface area is 205 Å². The van der Waals surface area contributed by atoms with E-state index in [4.69, 9.17) is 15.9 Å². The van der Waals surface area contributed by atoms with Crippen LogP contribution in [0.4, 0.5) is 0 Å². The van der Waals surface area contributed by atoms with E-state index in [0.29, 0.717) is 25.9 Å². The van der Waals surface area contributed by atoms with E-state index in [1.165, 1.54) is 6.08 Å². The van der Waals surface area contributed by atoms with Crippen molar-refractivity contribution in [3.8, 4) is 0 Å². The molecule has 2 unspecified atom stereocenters. The number of ether oxygens (including phenoxy) is 2.